The molecule has 0 unspecified atom stereocenters. The van der Waals surface area contributed by atoms with Crippen LogP contribution in [0, 0.1) is 13.8 Å². The minimum absolute atomic E-state index is 0.125. The number of benzene rings is 1. The molecule has 4 rings (SSSR count). The number of carbonyl (C=O) groups is 2. The number of hydrogen-bond acceptors (Lipinski definition) is 5. The van der Waals surface area contributed by atoms with E-state index in [-0.39, 0.29) is 11.8 Å². The smallest absolute Gasteiger partial charge is 0.259 e. The van der Waals surface area contributed by atoms with Gasteiger partial charge in [-0.05, 0) is 49.6 Å². The number of amides is 2. The number of aryl methyl sites for hydroxylation is 1. The highest BCUT2D eigenvalue weighted by atomic mass is 32.1. The fourth-order valence-electron chi connectivity index (χ4n) is 3.26. The molecule has 6 nitrogen and oxygen atoms in total. The lowest BCUT2D eigenvalue weighted by Crippen LogP contribution is -2.13. The number of anilines is 2. The first-order valence-electron chi connectivity index (χ1n) is 9.09. The van der Waals surface area contributed by atoms with E-state index in [1.165, 1.54) is 23.1 Å². The van der Waals surface area contributed by atoms with E-state index < -0.39 is 0 Å². The van der Waals surface area contributed by atoms with Gasteiger partial charge in [0.05, 0.1) is 22.3 Å². The average Bonchev–Trinajstić information content (AvgIpc) is 3.36. The Labute approximate surface area is 176 Å². The van der Waals surface area contributed by atoms with E-state index in [1.54, 1.807) is 17.4 Å². The fourth-order valence-corrected chi connectivity index (χ4v) is 4.85. The molecule has 1 aromatic carbocycles. The van der Waals surface area contributed by atoms with Crippen molar-refractivity contribution in [3.8, 4) is 0 Å². The molecule has 0 aliphatic rings. The molecule has 8 heteroatoms. The van der Waals surface area contributed by atoms with Crippen molar-refractivity contribution in [1.82, 2.24) is 9.55 Å². The molecule has 0 saturated carbocycles. The number of thiazole rings is 1. The number of thiophene rings is 1. The number of nitrogens with zero attached hydrogens (tertiary/aromatic N) is 2. The topological polar surface area (TPSA) is 76.0 Å². The highest BCUT2D eigenvalue weighted by Crippen LogP contribution is 2.29. The molecule has 2 amide bonds. The van der Waals surface area contributed by atoms with E-state index in [0.29, 0.717) is 16.4 Å². The summed E-state index contributed by atoms with van der Waals surface area (Å²) in [6, 6.07) is 11.5. The second-order valence-corrected chi connectivity index (χ2v) is 8.85. The molecule has 2 N–H and O–H groups in total. The van der Waals surface area contributed by atoms with Crippen molar-refractivity contribution in [3.05, 3.63) is 63.6 Å². The molecular weight excluding hydrogens is 404 g/mol. The summed E-state index contributed by atoms with van der Waals surface area (Å²) >= 11 is 3.09. The van der Waals surface area contributed by atoms with Gasteiger partial charge < -0.3 is 9.88 Å². The van der Waals surface area contributed by atoms with Crippen LogP contribution in [0.15, 0.2) is 41.8 Å². The van der Waals surface area contributed by atoms with E-state index in [1.807, 2.05) is 38.1 Å². The zero-order valence-electron chi connectivity index (χ0n) is 16.3. The largest absolute Gasteiger partial charge is 0.343 e. The first kappa shape index (κ1) is 19.4. The van der Waals surface area contributed by atoms with Gasteiger partial charge in [0.2, 0.25) is 5.91 Å². The van der Waals surface area contributed by atoms with Gasteiger partial charge in [-0.15, -0.1) is 11.3 Å². The maximum atomic E-state index is 12.9. The molecule has 0 spiro atoms. The Morgan fingerprint density at radius 2 is 1.97 bits per heavy atom. The fraction of sp³-hybridized carbons (Fsp3) is 0.190. The lowest BCUT2D eigenvalue weighted by molar-refractivity contribution is -0.114. The average molecular weight is 425 g/mol. The minimum atomic E-state index is -0.170. The Hall–Kier alpha value is -2.97. The van der Waals surface area contributed by atoms with Crippen molar-refractivity contribution in [2.75, 3.05) is 10.6 Å². The molecule has 148 valence electrons. The third-order valence-electron chi connectivity index (χ3n) is 4.64. The molecule has 0 atom stereocenters. The van der Waals surface area contributed by atoms with Crippen LogP contribution in [0.1, 0.15) is 33.5 Å². The maximum Gasteiger partial charge on any atom is 0.259 e. The van der Waals surface area contributed by atoms with Gasteiger partial charge in [-0.3, -0.25) is 14.9 Å². The van der Waals surface area contributed by atoms with Gasteiger partial charge in [-0.1, -0.05) is 17.4 Å². The standard InChI is InChI=1S/C21H20N4O2S2/c1-12-9-17(13(2)25(12)11-16-5-4-8-28-16)20(27)24-21-23-18-7-6-15(22-14(3)26)10-19(18)29-21/h4-10H,11H2,1-3H3,(H,22,26)(H,23,24,27). The highest BCUT2D eigenvalue weighted by Gasteiger charge is 2.18. The molecule has 0 aliphatic carbocycles. The number of nitrogens with one attached hydrogen (secondary N) is 2. The summed E-state index contributed by atoms with van der Waals surface area (Å²) in [6.45, 7) is 6.21. The van der Waals surface area contributed by atoms with Gasteiger partial charge in [0, 0.05) is 28.9 Å². The van der Waals surface area contributed by atoms with E-state index in [2.05, 4.69) is 31.6 Å². The Morgan fingerprint density at radius 3 is 2.69 bits per heavy atom. The summed E-state index contributed by atoms with van der Waals surface area (Å²) in [5.41, 5.74) is 4.12. The third kappa shape index (κ3) is 4.08. The van der Waals surface area contributed by atoms with Crippen LogP contribution in [0.4, 0.5) is 10.8 Å². The number of rotatable bonds is 5. The van der Waals surface area contributed by atoms with Crippen LogP contribution in [-0.4, -0.2) is 21.4 Å². The van der Waals surface area contributed by atoms with Crippen LogP contribution in [0.5, 0.6) is 0 Å². The van der Waals surface area contributed by atoms with E-state index >= 15 is 0 Å². The van der Waals surface area contributed by atoms with Gasteiger partial charge >= 0.3 is 0 Å². The zero-order valence-corrected chi connectivity index (χ0v) is 17.9. The normalized spacial score (nSPS) is 11.0. The molecule has 0 saturated heterocycles. The molecule has 0 radical (unpaired) electrons. The van der Waals surface area contributed by atoms with Crippen LogP contribution < -0.4 is 10.6 Å². The molecule has 0 aliphatic heterocycles. The zero-order chi connectivity index (χ0) is 20.5. The van der Waals surface area contributed by atoms with Crippen LogP contribution in [0.25, 0.3) is 10.2 Å². The molecule has 0 fully saturated rings. The summed E-state index contributed by atoms with van der Waals surface area (Å²) in [4.78, 5) is 29.9. The third-order valence-corrected chi connectivity index (χ3v) is 6.44. The van der Waals surface area contributed by atoms with Crippen LogP contribution in [0.3, 0.4) is 0 Å². The molecule has 4 aromatic rings. The van der Waals surface area contributed by atoms with Gasteiger partial charge in [-0.2, -0.15) is 0 Å². The second kappa shape index (κ2) is 7.81. The predicted molar refractivity (Wildman–Crippen MR) is 119 cm³/mol. The van der Waals surface area contributed by atoms with E-state index in [4.69, 9.17) is 0 Å². The minimum Gasteiger partial charge on any atom is -0.343 e. The number of aromatic nitrogens is 2. The number of fused-ring (bicyclic) bond motifs is 1. The first-order chi connectivity index (χ1) is 13.9. The summed E-state index contributed by atoms with van der Waals surface area (Å²) in [5.74, 6) is -0.294. The highest BCUT2D eigenvalue weighted by molar-refractivity contribution is 7.22. The second-order valence-electron chi connectivity index (χ2n) is 6.79. The number of carbonyl (C=O) groups excluding carboxylic acids is 2. The Morgan fingerprint density at radius 1 is 1.14 bits per heavy atom. The summed E-state index contributed by atoms with van der Waals surface area (Å²) < 4.78 is 3.05. The molecule has 3 heterocycles. The van der Waals surface area contributed by atoms with Gasteiger partial charge in [-0.25, -0.2) is 4.98 Å². The van der Waals surface area contributed by atoms with Crippen molar-refractivity contribution in [3.63, 3.8) is 0 Å². The van der Waals surface area contributed by atoms with Crippen molar-refractivity contribution in [1.29, 1.82) is 0 Å². The molecule has 29 heavy (non-hydrogen) atoms. The van der Waals surface area contributed by atoms with Gasteiger partial charge in [0.1, 0.15) is 0 Å². The Kier molecular flexibility index (Phi) is 5.21. The summed E-state index contributed by atoms with van der Waals surface area (Å²) in [6.07, 6.45) is 0. The predicted octanol–water partition coefficient (Wildman–Crippen LogP) is 5.04. The van der Waals surface area contributed by atoms with Crippen molar-refractivity contribution >= 4 is 55.5 Å². The van der Waals surface area contributed by atoms with E-state index in [0.717, 1.165) is 28.1 Å². The lowest BCUT2D eigenvalue weighted by atomic mass is 10.2. The van der Waals surface area contributed by atoms with Crippen LogP contribution in [-0.2, 0) is 11.3 Å². The van der Waals surface area contributed by atoms with Crippen molar-refractivity contribution in [2.45, 2.75) is 27.3 Å². The van der Waals surface area contributed by atoms with Gasteiger partial charge in [0.25, 0.3) is 5.91 Å². The van der Waals surface area contributed by atoms with Crippen molar-refractivity contribution < 1.29 is 9.59 Å². The maximum absolute atomic E-state index is 12.9. The first-order valence-corrected chi connectivity index (χ1v) is 10.8. The Balaban J connectivity index is 1.55. The van der Waals surface area contributed by atoms with E-state index in [9.17, 15) is 9.59 Å². The van der Waals surface area contributed by atoms with Gasteiger partial charge in [0.15, 0.2) is 5.13 Å². The summed E-state index contributed by atoms with van der Waals surface area (Å²) in [5, 5.41) is 8.27. The Bertz CT molecular complexity index is 1210. The van der Waals surface area contributed by atoms with Crippen LogP contribution in [0.2, 0.25) is 0 Å². The number of hydrogen-bond donors (Lipinski definition) is 2. The van der Waals surface area contributed by atoms with Crippen LogP contribution >= 0.6 is 22.7 Å². The molecule has 0 bridgehead atoms. The molecular formula is C21H20N4O2S2. The SMILES string of the molecule is CC(=O)Nc1ccc2nc(NC(=O)c3cc(C)n(Cc4cccs4)c3C)sc2c1. The quantitative estimate of drug-likeness (QED) is 0.471. The monoisotopic (exact) mass is 424 g/mol. The van der Waals surface area contributed by atoms with Crippen molar-refractivity contribution in [2.24, 2.45) is 0 Å². The summed E-state index contributed by atoms with van der Waals surface area (Å²) in [7, 11) is 0. The lowest BCUT2D eigenvalue weighted by Gasteiger charge is -2.08. The molecule has 3 aromatic heterocycles.